The lowest BCUT2D eigenvalue weighted by Gasteiger charge is -2.09. The Kier molecular flexibility index (Phi) is 5.13. The van der Waals surface area contributed by atoms with Gasteiger partial charge in [0, 0.05) is 5.56 Å². The highest BCUT2D eigenvalue weighted by atomic mass is 16.1. The molecule has 0 fully saturated rings. The van der Waals surface area contributed by atoms with Crippen LogP contribution in [0.25, 0.3) is 11.4 Å². The second-order valence-corrected chi connectivity index (χ2v) is 4.78. The number of nitrogens with one attached hydrogen (secondary N) is 2. The first-order chi connectivity index (χ1) is 10.5. The molecule has 1 heterocycles. The standard InChI is InChI=1S/C15H17N5O2/c1-10(21)8-16-14-18-13(12-6-4-3-5-7-12)19-15(20-14)17-9-11(2)22/h3-7H,8-9H2,1-2H3,(H2,16,17,18,19,20). The van der Waals surface area contributed by atoms with Crippen molar-refractivity contribution in [1.29, 1.82) is 0 Å². The van der Waals surface area contributed by atoms with Gasteiger partial charge in [0.25, 0.3) is 0 Å². The maximum absolute atomic E-state index is 11.1. The molecule has 0 radical (unpaired) electrons. The van der Waals surface area contributed by atoms with Crippen LogP contribution in [0.4, 0.5) is 11.9 Å². The van der Waals surface area contributed by atoms with E-state index in [1.54, 1.807) is 0 Å². The lowest BCUT2D eigenvalue weighted by Crippen LogP contribution is -2.16. The van der Waals surface area contributed by atoms with Crippen LogP contribution in [-0.4, -0.2) is 39.6 Å². The first-order valence-corrected chi connectivity index (χ1v) is 6.82. The Morgan fingerprint density at radius 1 is 0.864 bits per heavy atom. The van der Waals surface area contributed by atoms with Crippen molar-refractivity contribution >= 4 is 23.5 Å². The van der Waals surface area contributed by atoms with Crippen molar-refractivity contribution in [3.8, 4) is 11.4 Å². The second kappa shape index (κ2) is 7.26. The van der Waals surface area contributed by atoms with Crippen LogP contribution in [0.1, 0.15) is 13.8 Å². The fourth-order valence-electron chi connectivity index (χ4n) is 1.66. The molecule has 2 rings (SSSR count). The van der Waals surface area contributed by atoms with Gasteiger partial charge < -0.3 is 10.6 Å². The van der Waals surface area contributed by atoms with E-state index in [9.17, 15) is 9.59 Å². The quantitative estimate of drug-likeness (QED) is 0.800. The number of carbonyl (C=O) groups is 2. The molecule has 1 aromatic heterocycles. The van der Waals surface area contributed by atoms with Crippen LogP contribution in [0.2, 0.25) is 0 Å². The number of anilines is 2. The van der Waals surface area contributed by atoms with Crippen molar-refractivity contribution in [2.24, 2.45) is 0 Å². The minimum atomic E-state index is -0.0279. The average Bonchev–Trinajstić information content (AvgIpc) is 2.51. The minimum absolute atomic E-state index is 0.0279. The zero-order valence-corrected chi connectivity index (χ0v) is 12.5. The molecule has 0 aliphatic heterocycles. The molecule has 0 unspecified atom stereocenters. The zero-order valence-electron chi connectivity index (χ0n) is 12.5. The highest BCUT2D eigenvalue weighted by Crippen LogP contribution is 2.17. The van der Waals surface area contributed by atoms with E-state index in [4.69, 9.17) is 0 Å². The summed E-state index contributed by atoms with van der Waals surface area (Å²) in [5.74, 6) is 0.984. The third kappa shape index (κ3) is 4.62. The van der Waals surface area contributed by atoms with Gasteiger partial charge in [-0.3, -0.25) is 9.59 Å². The van der Waals surface area contributed by atoms with Gasteiger partial charge in [-0.2, -0.15) is 15.0 Å². The Morgan fingerprint density at radius 2 is 1.36 bits per heavy atom. The number of hydrogen-bond acceptors (Lipinski definition) is 7. The number of rotatable bonds is 7. The maximum Gasteiger partial charge on any atom is 0.228 e. The molecule has 22 heavy (non-hydrogen) atoms. The molecule has 0 aliphatic carbocycles. The number of benzene rings is 1. The molecular formula is C15H17N5O2. The van der Waals surface area contributed by atoms with Crippen LogP contribution < -0.4 is 10.6 Å². The van der Waals surface area contributed by atoms with Crippen molar-refractivity contribution in [1.82, 2.24) is 15.0 Å². The highest BCUT2D eigenvalue weighted by Gasteiger charge is 2.09. The molecule has 2 N–H and O–H groups in total. The van der Waals surface area contributed by atoms with E-state index < -0.39 is 0 Å². The van der Waals surface area contributed by atoms with Gasteiger partial charge in [0.15, 0.2) is 5.82 Å². The Balaban J connectivity index is 2.30. The number of nitrogens with zero attached hydrogens (tertiary/aromatic N) is 3. The summed E-state index contributed by atoms with van der Waals surface area (Å²) in [6, 6.07) is 9.40. The molecule has 0 atom stereocenters. The fraction of sp³-hybridized carbons (Fsp3) is 0.267. The summed E-state index contributed by atoms with van der Waals surface area (Å²) < 4.78 is 0. The van der Waals surface area contributed by atoms with Crippen molar-refractivity contribution in [3.63, 3.8) is 0 Å². The maximum atomic E-state index is 11.1. The van der Waals surface area contributed by atoms with Gasteiger partial charge in [0.1, 0.15) is 11.6 Å². The van der Waals surface area contributed by atoms with E-state index in [0.29, 0.717) is 5.82 Å². The van der Waals surface area contributed by atoms with Crippen molar-refractivity contribution < 1.29 is 9.59 Å². The highest BCUT2D eigenvalue weighted by molar-refractivity contribution is 5.80. The second-order valence-electron chi connectivity index (χ2n) is 4.78. The molecule has 0 bridgehead atoms. The minimum Gasteiger partial charge on any atom is -0.347 e. The molecule has 0 aliphatic rings. The SMILES string of the molecule is CC(=O)CNc1nc(NCC(C)=O)nc(-c2ccccc2)n1. The molecule has 0 saturated heterocycles. The monoisotopic (exact) mass is 299 g/mol. The first kappa shape index (κ1) is 15.6. The molecule has 7 nitrogen and oxygen atoms in total. The largest absolute Gasteiger partial charge is 0.347 e. The van der Waals surface area contributed by atoms with Gasteiger partial charge in [-0.1, -0.05) is 30.3 Å². The van der Waals surface area contributed by atoms with E-state index in [-0.39, 0.29) is 36.6 Å². The number of carbonyl (C=O) groups excluding carboxylic acids is 2. The van der Waals surface area contributed by atoms with Crippen LogP contribution >= 0.6 is 0 Å². The summed E-state index contributed by atoms with van der Waals surface area (Å²) >= 11 is 0. The van der Waals surface area contributed by atoms with E-state index in [1.807, 2.05) is 30.3 Å². The average molecular weight is 299 g/mol. The molecule has 1 aromatic carbocycles. The lowest BCUT2D eigenvalue weighted by molar-refractivity contribution is -0.116. The Labute approximate surface area is 128 Å². The predicted molar refractivity (Wildman–Crippen MR) is 83.6 cm³/mol. The molecule has 2 aromatic rings. The topological polar surface area (TPSA) is 96.9 Å². The Morgan fingerprint density at radius 3 is 1.82 bits per heavy atom. The van der Waals surface area contributed by atoms with Gasteiger partial charge in [0.2, 0.25) is 11.9 Å². The molecule has 114 valence electrons. The zero-order chi connectivity index (χ0) is 15.9. The molecule has 7 heteroatoms. The van der Waals surface area contributed by atoms with Crippen LogP contribution in [0, 0.1) is 0 Å². The van der Waals surface area contributed by atoms with E-state index in [1.165, 1.54) is 13.8 Å². The molecule has 0 spiro atoms. The summed E-state index contributed by atoms with van der Waals surface area (Å²) in [5.41, 5.74) is 0.821. The van der Waals surface area contributed by atoms with E-state index >= 15 is 0 Å². The van der Waals surface area contributed by atoms with E-state index in [2.05, 4.69) is 25.6 Å². The summed E-state index contributed by atoms with van der Waals surface area (Å²) in [6.07, 6.45) is 0. The fourth-order valence-corrected chi connectivity index (χ4v) is 1.66. The van der Waals surface area contributed by atoms with Crippen molar-refractivity contribution in [2.75, 3.05) is 23.7 Å². The smallest absolute Gasteiger partial charge is 0.228 e. The van der Waals surface area contributed by atoms with Gasteiger partial charge in [0.05, 0.1) is 13.1 Å². The molecule has 0 amide bonds. The normalized spacial score (nSPS) is 10.1. The lowest BCUT2D eigenvalue weighted by atomic mass is 10.2. The summed E-state index contributed by atoms with van der Waals surface area (Å²) in [6.45, 7) is 3.21. The molecular weight excluding hydrogens is 282 g/mol. The van der Waals surface area contributed by atoms with E-state index in [0.717, 1.165) is 5.56 Å². The van der Waals surface area contributed by atoms with Crippen molar-refractivity contribution in [3.05, 3.63) is 30.3 Å². The van der Waals surface area contributed by atoms with Gasteiger partial charge >= 0.3 is 0 Å². The number of hydrogen-bond donors (Lipinski definition) is 2. The van der Waals surface area contributed by atoms with Crippen LogP contribution in [0.5, 0.6) is 0 Å². The predicted octanol–water partition coefficient (Wildman–Crippen LogP) is 1.54. The van der Waals surface area contributed by atoms with Crippen LogP contribution in [0.3, 0.4) is 0 Å². The van der Waals surface area contributed by atoms with Gasteiger partial charge in [-0.15, -0.1) is 0 Å². The van der Waals surface area contributed by atoms with Crippen LogP contribution in [-0.2, 0) is 9.59 Å². The number of Topliss-reactive ketones (excluding diaryl/α,β-unsaturated/α-hetero) is 2. The Bertz CT molecular complexity index is 637. The number of aromatic nitrogens is 3. The molecule has 0 saturated carbocycles. The summed E-state index contributed by atoms with van der Waals surface area (Å²) in [5, 5.41) is 5.69. The summed E-state index contributed by atoms with van der Waals surface area (Å²) in [7, 11) is 0. The first-order valence-electron chi connectivity index (χ1n) is 6.82. The number of ketones is 2. The third-order valence-electron chi connectivity index (χ3n) is 2.66. The Hall–Kier alpha value is -2.83. The van der Waals surface area contributed by atoms with Crippen LogP contribution in [0.15, 0.2) is 30.3 Å². The van der Waals surface area contributed by atoms with Crippen molar-refractivity contribution in [2.45, 2.75) is 13.8 Å². The third-order valence-corrected chi connectivity index (χ3v) is 2.66. The summed E-state index contributed by atoms with van der Waals surface area (Å²) in [4.78, 5) is 34.9. The van der Waals surface area contributed by atoms with Gasteiger partial charge in [-0.05, 0) is 13.8 Å². The van der Waals surface area contributed by atoms with Gasteiger partial charge in [-0.25, -0.2) is 0 Å².